The van der Waals surface area contributed by atoms with E-state index in [4.69, 9.17) is 11.6 Å². The highest BCUT2D eigenvalue weighted by Crippen LogP contribution is 2.37. The van der Waals surface area contributed by atoms with Crippen LogP contribution in [0, 0.1) is 0 Å². The van der Waals surface area contributed by atoms with Crippen molar-refractivity contribution in [2.75, 3.05) is 0 Å². The Morgan fingerprint density at radius 2 is 1.67 bits per heavy atom. The molecule has 102 valence electrons. The molecule has 0 saturated heterocycles. The lowest BCUT2D eigenvalue weighted by Gasteiger charge is -2.23. The second kappa shape index (κ2) is 5.12. The van der Waals surface area contributed by atoms with E-state index in [-0.39, 0.29) is 9.50 Å². The summed E-state index contributed by atoms with van der Waals surface area (Å²) in [6.45, 7) is 0. The van der Waals surface area contributed by atoms with Crippen molar-refractivity contribution in [2.24, 2.45) is 0 Å². The van der Waals surface area contributed by atoms with Gasteiger partial charge in [-0.15, -0.1) is 0 Å². The molecule has 0 saturated carbocycles. The zero-order valence-corrected chi connectivity index (χ0v) is 10.5. The number of hydrogen-bond acceptors (Lipinski definition) is 2. The molecule has 2 nitrogen and oxygen atoms in total. The Kier molecular flexibility index (Phi) is 4.37. The molecule has 1 rings (SSSR count). The van der Waals surface area contributed by atoms with Crippen molar-refractivity contribution in [2.45, 2.75) is 18.5 Å². The summed E-state index contributed by atoms with van der Waals surface area (Å²) in [5, 5.41) is 0.0322. The summed E-state index contributed by atoms with van der Waals surface area (Å²) < 4.78 is 76.8. The summed E-state index contributed by atoms with van der Waals surface area (Å²) >= 11 is 8.14. The first kappa shape index (κ1) is 15.4. The Morgan fingerprint density at radius 1 is 1.17 bits per heavy atom. The Labute approximate surface area is 110 Å². The molecule has 10 heteroatoms. The van der Waals surface area contributed by atoms with Gasteiger partial charge in [0.1, 0.15) is 0 Å². The van der Waals surface area contributed by atoms with Crippen LogP contribution in [0.5, 0.6) is 5.88 Å². The van der Waals surface area contributed by atoms with Gasteiger partial charge in [0.25, 0.3) is 6.10 Å². The maximum atomic E-state index is 12.2. The third-order valence-corrected chi connectivity index (χ3v) is 2.37. The monoisotopic (exact) mass is 357 g/mol. The van der Waals surface area contributed by atoms with Crippen LogP contribution in [0.25, 0.3) is 0 Å². The summed E-state index contributed by atoms with van der Waals surface area (Å²) in [6.07, 6.45) is -14.3. The molecule has 0 spiro atoms. The van der Waals surface area contributed by atoms with E-state index in [9.17, 15) is 26.3 Å². The second-order valence-corrected chi connectivity index (χ2v) is 4.31. The standard InChI is InChI=1S/C8H3BrClF6NO/c9-4-1-3(10)2-17-5(4)18-6(7(11,12)13)8(14,15)16/h1-2,6H. The number of alkyl halides is 6. The van der Waals surface area contributed by atoms with E-state index in [0.29, 0.717) is 0 Å². The molecule has 0 aliphatic heterocycles. The van der Waals surface area contributed by atoms with Crippen molar-refractivity contribution >= 4 is 27.5 Å². The number of nitrogens with zero attached hydrogens (tertiary/aromatic N) is 1. The Bertz CT molecular complexity index is 421. The van der Waals surface area contributed by atoms with Crippen molar-refractivity contribution in [3.8, 4) is 5.88 Å². The van der Waals surface area contributed by atoms with Gasteiger partial charge in [-0.25, -0.2) is 4.98 Å². The van der Waals surface area contributed by atoms with Gasteiger partial charge < -0.3 is 4.74 Å². The SMILES string of the molecule is FC(F)(F)C(Oc1ncc(Cl)cc1Br)C(F)(F)F. The molecule has 0 atom stereocenters. The smallest absolute Gasteiger partial charge is 0.434 e. The van der Waals surface area contributed by atoms with Crippen LogP contribution in [0.3, 0.4) is 0 Å². The van der Waals surface area contributed by atoms with Gasteiger partial charge in [-0.3, -0.25) is 0 Å². The molecule has 0 bridgehead atoms. The quantitative estimate of drug-likeness (QED) is 0.733. The molecule has 0 radical (unpaired) electrons. The Balaban J connectivity index is 3.05. The van der Waals surface area contributed by atoms with E-state index in [1.54, 1.807) is 0 Å². The maximum absolute atomic E-state index is 12.2. The number of rotatable bonds is 2. The van der Waals surface area contributed by atoms with Gasteiger partial charge in [-0.05, 0) is 22.0 Å². The fraction of sp³-hybridized carbons (Fsp3) is 0.375. The average molecular weight is 358 g/mol. The fourth-order valence-electron chi connectivity index (χ4n) is 0.920. The van der Waals surface area contributed by atoms with Crippen LogP contribution in [0.1, 0.15) is 0 Å². The minimum Gasteiger partial charge on any atom is -0.454 e. The molecule has 1 heterocycles. The summed E-state index contributed by atoms with van der Waals surface area (Å²) in [6, 6.07) is 1.06. The normalized spacial score (nSPS) is 12.9. The van der Waals surface area contributed by atoms with Gasteiger partial charge in [0.15, 0.2) is 0 Å². The van der Waals surface area contributed by atoms with E-state index >= 15 is 0 Å². The van der Waals surface area contributed by atoms with E-state index in [0.717, 1.165) is 12.3 Å². The first-order valence-electron chi connectivity index (χ1n) is 4.13. The highest BCUT2D eigenvalue weighted by Gasteiger charge is 2.59. The first-order valence-corrected chi connectivity index (χ1v) is 5.30. The van der Waals surface area contributed by atoms with Crippen LogP contribution in [0.4, 0.5) is 26.3 Å². The number of pyridine rings is 1. The number of aromatic nitrogens is 1. The third-order valence-electron chi connectivity index (χ3n) is 1.60. The van der Waals surface area contributed by atoms with Gasteiger partial charge in [0.05, 0.1) is 9.50 Å². The molecular weight excluding hydrogens is 355 g/mol. The molecule has 1 aromatic rings. The minimum atomic E-state index is -5.60. The number of ether oxygens (including phenoxy) is 1. The Hall–Kier alpha value is -0.700. The molecule has 0 unspecified atom stereocenters. The predicted octanol–water partition coefficient (Wildman–Crippen LogP) is 4.37. The molecule has 0 fully saturated rings. The zero-order valence-electron chi connectivity index (χ0n) is 8.11. The highest BCUT2D eigenvalue weighted by atomic mass is 79.9. The van der Waals surface area contributed by atoms with Gasteiger partial charge in [-0.2, -0.15) is 26.3 Å². The molecule has 1 aromatic heterocycles. The van der Waals surface area contributed by atoms with E-state index in [1.165, 1.54) is 0 Å². The van der Waals surface area contributed by atoms with Crippen LogP contribution in [-0.4, -0.2) is 23.4 Å². The highest BCUT2D eigenvalue weighted by molar-refractivity contribution is 9.10. The van der Waals surface area contributed by atoms with Crippen molar-refractivity contribution in [1.29, 1.82) is 0 Å². The largest absolute Gasteiger partial charge is 0.454 e. The first-order chi connectivity index (χ1) is 8.01. The van der Waals surface area contributed by atoms with Crippen LogP contribution in [-0.2, 0) is 0 Å². The molecule has 0 aliphatic rings. The van der Waals surface area contributed by atoms with Gasteiger partial charge >= 0.3 is 12.4 Å². The van der Waals surface area contributed by atoms with E-state index in [1.807, 2.05) is 0 Å². The number of halogens is 8. The lowest BCUT2D eigenvalue weighted by molar-refractivity contribution is -0.300. The van der Waals surface area contributed by atoms with E-state index < -0.39 is 24.3 Å². The van der Waals surface area contributed by atoms with Gasteiger partial charge in [0, 0.05) is 6.20 Å². The van der Waals surface area contributed by atoms with Gasteiger partial charge in [0.2, 0.25) is 5.88 Å². The van der Waals surface area contributed by atoms with Crippen LogP contribution >= 0.6 is 27.5 Å². The summed E-state index contributed by atoms with van der Waals surface area (Å²) in [5.74, 6) is -0.848. The van der Waals surface area contributed by atoms with Crippen LogP contribution in [0.2, 0.25) is 5.02 Å². The summed E-state index contributed by atoms with van der Waals surface area (Å²) in [7, 11) is 0. The van der Waals surface area contributed by atoms with Crippen molar-refractivity contribution in [1.82, 2.24) is 4.98 Å². The zero-order chi connectivity index (χ0) is 14.1. The third kappa shape index (κ3) is 3.91. The van der Waals surface area contributed by atoms with Crippen LogP contribution < -0.4 is 4.74 Å². The Morgan fingerprint density at radius 3 is 2.06 bits per heavy atom. The van der Waals surface area contributed by atoms with Crippen molar-refractivity contribution in [3.05, 3.63) is 21.8 Å². The van der Waals surface area contributed by atoms with Crippen molar-refractivity contribution in [3.63, 3.8) is 0 Å². The van der Waals surface area contributed by atoms with Crippen molar-refractivity contribution < 1.29 is 31.1 Å². The molecule has 0 aliphatic carbocycles. The summed E-state index contributed by atoms with van der Waals surface area (Å²) in [4.78, 5) is 3.24. The average Bonchev–Trinajstić information content (AvgIpc) is 2.12. The van der Waals surface area contributed by atoms with E-state index in [2.05, 4.69) is 25.7 Å². The fourth-order valence-corrected chi connectivity index (χ4v) is 1.65. The molecular formula is C8H3BrClF6NO. The predicted molar refractivity (Wildman–Crippen MR) is 53.5 cm³/mol. The second-order valence-electron chi connectivity index (χ2n) is 3.02. The molecule has 0 N–H and O–H groups in total. The summed E-state index contributed by atoms with van der Waals surface area (Å²) in [5.41, 5.74) is 0. The molecule has 18 heavy (non-hydrogen) atoms. The van der Waals surface area contributed by atoms with Crippen LogP contribution in [0.15, 0.2) is 16.7 Å². The lowest BCUT2D eigenvalue weighted by atomic mass is 10.3. The number of hydrogen-bond donors (Lipinski definition) is 0. The molecule has 0 aromatic carbocycles. The lowest BCUT2D eigenvalue weighted by Crippen LogP contribution is -2.46. The molecule has 0 amide bonds. The topological polar surface area (TPSA) is 22.1 Å². The maximum Gasteiger partial charge on any atom is 0.434 e. The van der Waals surface area contributed by atoms with Gasteiger partial charge in [-0.1, -0.05) is 11.6 Å². The minimum absolute atomic E-state index is 0.0322.